The van der Waals surface area contributed by atoms with E-state index in [1.54, 1.807) is 36.4 Å². The minimum absolute atomic E-state index is 0.126. The van der Waals surface area contributed by atoms with Crippen LogP contribution in [0.2, 0.25) is 0 Å². The Balaban J connectivity index is 1.84. The third kappa shape index (κ3) is 5.23. The van der Waals surface area contributed by atoms with Crippen LogP contribution < -0.4 is 10.6 Å². The highest BCUT2D eigenvalue weighted by molar-refractivity contribution is 6.05. The SMILES string of the molecule is CC[C@@H](NC(=O)/C(=C/c1ccco1)NC(=O)c1ccccc1)c1ccccc1C. The lowest BCUT2D eigenvalue weighted by Crippen LogP contribution is -2.37. The Kier molecular flexibility index (Phi) is 6.63. The van der Waals surface area contributed by atoms with Crippen LogP contribution in [0.25, 0.3) is 6.08 Å². The molecule has 1 heterocycles. The molecule has 0 aliphatic rings. The van der Waals surface area contributed by atoms with Gasteiger partial charge in [-0.3, -0.25) is 9.59 Å². The molecule has 0 bridgehead atoms. The van der Waals surface area contributed by atoms with E-state index in [-0.39, 0.29) is 23.6 Å². The number of amides is 2. The fourth-order valence-electron chi connectivity index (χ4n) is 3.07. The Morgan fingerprint density at radius 3 is 2.38 bits per heavy atom. The normalized spacial score (nSPS) is 12.3. The van der Waals surface area contributed by atoms with Crippen molar-refractivity contribution in [1.82, 2.24) is 10.6 Å². The van der Waals surface area contributed by atoms with Crippen LogP contribution in [0.5, 0.6) is 0 Å². The summed E-state index contributed by atoms with van der Waals surface area (Å²) in [5.74, 6) is -0.254. The van der Waals surface area contributed by atoms with Gasteiger partial charge in [0.05, 0.1) is 12.3 Å². The van der Waals surface area contributed by atoms with E-state index in [0.29, 0.717) is 11.3 Å². The van der Waals surface area contributed by atoms with E-state index in [1.165, 1.54) is 12.3 Å². The van der Waals surface area contributed by atoms with Crippen molar-refractivity contribution in [3.05, 3.63) is 101 Å². The molecule has 0 spiro atoms. The van der Waals surface area contributed by atoms with Gasteiger partial charge in [0.2, 0.25) is 0 Å². The number of furan rings is 1. The quantitative estimate of drug-likeness (QED) is 0.580. The molecule has 0 radical (unpaired) electrons. The van der Waals surface area contributed by atoms with E-state index >= 15 is 0 Å². The molecule has 2 amide bonds. The molecule has 148 valence electrons. The van der Waals surface area contributed by atoms with Gasteiger partial charge in [-0.25, -0.2) is 0 Å². The summed E-state index contributed by atoms with van der Waals surface area (Å²) in [4.78, 5) is 25.7. The van der Waals surface area contributed by atoms with E-state index in [0.717, 1.165) is 17.5 Å². The molecule has 0 unspecified atom stereocenters. The monoisotopic (exact) mass is 388 g/mol. The van der Waals surface area contributed by atoms with Crippen molar-refractivity contribution in [2.45, 2.75) is 26.3 Å². The summed E-state index contributed by atoms with van der Waals surface area (Å²) in [6.45, 7) is 4.02. The average molecular weight is 388 g/mol. The number of benzene rings is 2. The van der Waals surface area contributed by atoms with Crippen LogP contribution in [0.4, 0.5) is 0 Å². The number of carbonyl (C=O) groups excluding carboxylic acids is 2. The van der Waals surface area contributed by atoms with Gasteiger partial charge in [-0.05, 0) is 48.7 Å². The lowest BCUT2D eigenvalue weighted by atomic mass is 9.99. The molecule has 3 aromatic rings. The first-order valence-electron chi connectivity index (χ1n) is 9.56. The molecular weight excluding hydrogens is 364 g/mol. The van der Waals surface area contributed by atoms with Crippen molar-refractivity contribution in [2.24, 2.45) is 0 Å². The summed E-state index contributed by atoms with van der Waals surface area (Å²) in [5.41, 5.74) is 2.75. The molecule has 0 saturated carbocycles. The number of nitrogens with one attached hydrogen (secondary N) is 2. The highest BCUT2D eigenvalue weighted by Gasteiger charge is 2.20. The van der Waals surface area contributed by atoms with Crippen molar-refractivity contribution in [3.8, 4) is 0 Å². The van der Waals surface area contributed by atoms with E-state index in [4.69, 9.17) is 4.42 Å². The van der Waals surface area contributed by atoms with Gasteiger partial charge in [-0.2, -0.15) is 0 Å². The molecule has 29 heavy (non-hydrogen) atoms. The maximum Gasteiger partial charge on any atom is 0.268 e. The van der Waals surface area contributed by atoms with Crippen LogP contribution in [0.3, 0.4) is 0 Å². The number of hydrogen-bond donors (Lipinski definition) is 2. The highest BCUT2D eigenvalue weighted by Crippen LogP contribution is 2.21. The highest BCUT2D eigenvalue weighted by atomic mass is 16.3. The molecule has 1 aromatic heterocycles. The van der Waals surface area contributed by atoms with Crippen LogP contribution in [0.15, 0.2) is 83.1 Å². The second-order valence-corrected chi connectivity index (χ2v) is 6.68. The number of carbonyl (C=O) groups is 2. The molecule has 0 fully saturated rings. The molecule has 2 N–H and O–H groups in total. The van der Waals surface area contributed by atoms with Crippen LogP contribution >= 0.6 is 0 Å². The number of rotatable bonds is 7. The predicted octanol–water partition coefficient (Wildman–Crippen LogP) is 4.63. The third-order valence-electron chi connectivity index (χ3n) is 4.64. The number of hydrogen-bond acceptors (Lipinski definition) is 3. The van der Waals surface area contributed by atoms with Gasteiger partial charge in [0.25, 0.3) is 11.8 Å². The predicted molar refractivity (Wildman–Crippen MR) is 113 cm³/mol. The fraction of sp³-hybridized carbons (Fsp3) is 0.167. The van der Waals surface area contributed by atoms with Crippen molar-refractivity contribution < 1.29 is 14.0 Å². The van der Waals surface area contributed by atoms with E-state index in [9.17, 15) is 9.59 Å². The summed E-state index contributed by atoms with van der Waals surface area (Å²) in [6.07, 6.45) is 3.76. The summed E-state index contributed by atoms with van der Waals surface area (Å²) in [5, 5.41) is 5.75. The van der Waals surface area contributed by atoms with E-state index in [2.05, 4.69) is 10.6 Å². The molecule has 0 aliphatic carbocycles. The van der Waals surface area contributed by atoms with Crippen molar-refractivity contribution >= 4 is 17.9 Å². The Hall–Kier alpha value is -3.60. The minimum atomic E-state index is -0.374. The fourth-order valence-corrected chi connectivity index (χ4v) is 3.07. The zero-order valence-corrected chi connectivity index (χ0v) is 16.5. The number of aryl methyl sites for hydroxylation is 1. The van der Waals surface area contributed by atoms with Gasteiger partial charge in [0.15, 0.2) is 0 Å². The van der Waals surface area contributed by atoms with E-state index in [1.807, 2.05) is 44.2 Å². The average Bonchev–Trinajstić information content (AvgIpc) is 3.25. The molecule has 0 saturated heterocycles. The van der Waals surface area contributed by atoms with Gasteiger partial charge in [0, 0.05) is 11.6 Å². The first-order chi connectivity index (χ1) is 14.1. The van der Waals surface area contributed by atoms with Gasteiger partial charge in [0.1, 0.15) is 11.5 Å². The first kappa shape index (κ1) is 20.1. The van der Waals surface area contributed by atoms with Crippen molar-refractivity contribution in [1.29, 1.82) is 0 Å². The third-order valence-corrected chi connectivity index (χ3v) is 4.64. The van der Waals surface area contributed by atoms with Gasteiger partial charge in [-0.1, -0.05) is 49.4 Å². The maximum absolute atomic E-state index is 13.1. The van der Waals surface area contributed by atoms with Crippen molar-refractivity contribution in [3.63, 3.8) is 0 Å². The molecule has 0 aliphatic heterocycles. The van der Waals surface area contributed by atoms with Crippen LogP contribution in [0.1, 0.15) is 46.6 Å². The Labute approximate surface area is 170 Å². The van der Waals surface area contributed by atoms with Gasteiger partial charge < -0.3 is 15.1 Å². The molecular formula is C24H24N2O3. The van der Waals surface area contributed by atoms with Gasteiger partial charge >= 0.3 is 0 Å². The lowest BCUT2D eigenvalue weighted by Gasteiger charge is -2.20. The zero-order chi connectivity index (χ0) is 20.6. The summed E-state index contributed by atoms with van der Waals surface area (Å²) in [7, 11) is 0. The zero-order valence-electron chi connectivity index (χ0n) is 16.5. The maximum atomic E-state index is 13.1. The van der Waals surface area contributed by atoms with Gasteiger partial charge in [-0.15, -0.1) is 0 Å². The molecule has 3 rings (SSSR count). The summed E-state index contributed by atoms with van der Waals surface area (Å²) < 4.78 is 5.33. The Morgan fingerprint density at radius 2 is 1.72 bits per heavy atom. The molecule has 5 nitrogen and oxygen atoms in total. The van der Waals surface area contributed by atoms with Crippen LogP contribution in [0, 0.1) is 6.92 Å². The summed E-state index contributed by atoms with van der Waals surface area (Å²) in [6, 6.07) is 20.0. The van der Waals surface area contributed by atoms with Crippen LogP contribution in [-0.4, -0.2) is 11.8 Å². The minimum Gasteiger partial charge on any atom is -0.465 e. The Bertz CT molecular complexity index is 992. The first-order valence-corrected chi connectivity index (χ1v) is 9.56. The lowest BCUT2D eigenvalue weighted by molar-refractivity contribution is -0.118. The topological polar surface area (TPSA) is 71.3 Å². The van der Waals surface area contributed by atoms with E-state index < -0.39 is 0 Å². The second kappa shape index (κ2) is 9.55. The molecule has 1 atom stereocenters. The summed E-state index contributed by atoms with van der Waals surface area (Å²) >= 11 is 0. The standard InChI is InChI=1S/C24H24N2O3/c1-3-21(20-14-8-7-10-17(20)2)25-24(28)22(16-19-13-9-15-29-19)26-23(27)18-11-5-4-6-12-18/h4-16,21H,3H2,1-2H3,(H,25,28)(H,26,27)/b22-16-/t21-/m1/s1. The second-order valence-electron chi connectivity index (χ2n) is 6.68. The molecule has 2 aromatic carbocycles. The smallest absolute Gasteiger partial charge is 0.268 e. The van der Waals surface area contributed by atoms with Crippen LogP contribution in [-0.2, 0) is 4.79 Å². The van der Waals surface area contributed by atoms with Crippen molar-refractivity contribution in [2.75, 3.05) is 0 Å². The molecule has 5 heteroatoms. The largest absolute Gasteiger partial charge is 0.465 e. The Morgan fingerprint density at radius 1 is 1.00 bits per heavy atom.